The Morgan fingerprint density at radius 3 is 2.67 bits per heavy atom. The Balaban J connectivity index is 1.29. The molecule has 1 atom stereocenters. The van der Waals surface area contributed by atoms with Gasteiger partial charge in [-0.25, -0.2) is 9.59 Å². The number of rotatable bonds is 6. The van der Waals surface area contributed by atoms with Crippen LogP contribution in [0.2, 0.25) is 0 Å². The van der Waals surface area contributed by atoms with Gasteiger partial charge in [0.25, 0.3) is 5.91 Å². The summed E-state index contributed by atoms with van der Waals surface area (Å²) in [7, 11) is 0. The number of urea groups is 2. The second kappa shape index (κ2) is 8.63. The number of amides is 5. The number of anilines is 1. The summed E-state index contributed by atoms with van der Waals surface area (Å²) in [6.07, 6.45) is 4.69. The van der Waals surface area contributed by atoms with Gasteiger partial charge in [0.2, 0.25) is 0 Å². The molecule has 1 unspecified atom stereocenters. The van der Waals surface area contributed by atoms with Gasteiger partial charge >= 0.3 is 12.1 Å². The van der Waals surface area contributed by atoms with Gasteiger partial charge in [0, 0.05) is 24.2 Å². The fourth-order valence-corrected chi connectivity index (χ4v) is 5.04. The van der Waals surface area contributed by atoms with E-state index >= 15 is 0 Å². The highest BCUT2D eigenvalue weighted by atomic mass is 16.2. The van der Waals surface area contributed by atoms with Gasteiger partial charge in [-0.05, 0) is 70.3 Å². The molecule has 0 saturated carbocycles. The Hall–Kier alpha value is -2.61. The normalized spacial score (nSPS) is 22.7. The smallest absolute Gasteiger partial charge is 0.322 e. The van der Waals surface area contributed by atoms with E-state index in [0.29, 0.717) is 13.0 Å². The summed E-state index contributed by atoms with van der Waals surface area (Å²) >= 11 is 0. The molecule has 30 heavy (non-hydrogen) atoms. The number of unbranched alkanes of at least 4 members (excludes halogenated alkanes) is 1. The van der Waals surface area contributed by atoms with Crippen molar-refractivity contribution in [2.75, 3.05) is 37.6 Å². The molecule has 0 radical (unpaired) electrons. The monoisotopic (exact) mass is 413 g/mol. The second-order valence-corrected chi connectivity index (χ2v) is 8.57. The Kier molecular flexibility index (Phi) is 5.94. The summed E-state index contributed by atoms with van der Waals surface area (Å²) in [5, 5.41) is 7.88. The van der Waals surface area contributed by atoms with Crippen LogP contribution in [0.25, 0.3) is 0 Å². The molecule has 4 rings (SSSR count). The van der Waals surface area contributed by atoms with E-state index in [1.54, 1.807) is 0 Å². The largest absolute Gasteiger partial charge is 0.338 e. The molecule has 5 amide bonds. The Morgan fingerprint density at radius 2 is 1.97 bits per heavy atom. The van der Waals surface area contributed by atoms with Crippen LogP contribution in [0.5, 0.6) is 0 Å². The predicted molar refractivity (Wildman–Crippen MR) is 115 cm³/mol. The van der Waals surface area contributed by atoms with E-state index in [0.717, 1.165) is 57.5 Å². The maximum atomic E-state index is 12.6. The van der Waals surface area contributed by atoms with E-state index in [1.165, 1.54) is 5.56 Å². The third kappa shape index (κ3) is 4.01. The zero-order chi connectivity index (χ0) is 21.1. The van der Waals surface area contributed by atoms with Crippen LogP contribution in [-0.4, -0.2) is 61.6 Å². The topological polar surface area (TPSA) is 93.8 Å². The van der Waals surface area contributed by atoms with Gasteiger partial charge in [0.15, 0.2) is 0 Å². The van der Waals surface area contributed by atoms with Gasteiger partial charge in [0.1, 0.15) is 6.04 Å². The molecule has 8 nitrogen and oxygen atoms in total. The highest BCUT2D eigenvalue weighted by Gasteiger charge is 2.46. The minimum Gasteiger partial charge on any atom is -0.338 e. The number of carbonyl (C=O) groups excluding carboxylic acids is 3. The molecule has 3 heterocycles. The standard InChI is InChI=1S/C22H31N5O3/c1-2-23-21(30)27-15-22(16-7-3-4-9-18(16)27)10-13-26(14-11-22)12-6-5-8-17-19(28)25-20(29)24-17/h3-4,7,9,17H,2,5-6,8,10-15H2,1H3,(H,23,30)(H2,24,25,28,29). The van der Waals surface area contributed by atoms with Crippen LogP contribution in [0.4, 0.5) is 15.3 Å². The van der Waals surface area contributed by atoms with Gasteiger partial charge in [-0.1, -0.05) is 18.2 Å². The van der Waals surface area contributed by atoms with E-state index in [9.17, 15) is 14.4 Å². The summed E-state index contributed by atoms with van der Waals surface area (Å²) in [6.45, 7) is 6.35. The molecule has 2 saturated heterocycles. The lowest BCUT2D eigenvalue weighted by Gasteiger charge is -2.40. The molecule has 3 aliphatic heterocycles. The first kappa shape index (κ1) is 20.7. The molecule has 0 bridgehead atoms. The van der Waals surface area contributed by atoms with Crippen LogP contribution in [-0.2, 0) is 10.2 Å². The summed E-state index contributed by atoms with van der Waals surface area (Å²) in [4.78, 5) is 39.7. The van der Waals surface area contributed by atoms with E-state index in [2.05, 4.69) is 39.0 Å². The first-order valence-electron chi connectivity index (χ1n) is 11.0. The molecule has 0 aliphatic carbocycles. The fraction of sp³-hybridized carbons (Fsp3) is 0.591. The third-order valence-corrected chi connectivity index (χ3v) is 6.69. The summed E-state index contributed by atoms with van der Waals surface area (Å²) in [6, 6.07) is 7.56. The first-order valence-corrected chi connectivity index (χ1v) is 11.0. The van der Waals surface area contributed by atoms with Crippen molar-refractivity contribution in [3.05, 3.63) is 29.8 Å². The first-order chi connectivity index (χ1) is 14.5. The minimum absolute atomic E-state index is 0.00713. The Labute approximate surface area is 177 Å². The van der Waals surface area contributed by atoms with E-state index in [4.69, 9.17) is 0 Å². The molecule has 1 spiro atoms. The lowest BCUT2D eigenvalue weighted by molar-refractivity contribution is -0.120. The van der Waals surface area contributed by atoms with Crippen LogP contribution in [0, 0.1) is 0 Å². The molecular weight excluding hydrogens is 382 g/mol. The van der Waals surface area contributed by atoms with Gasteiger partial charge in [-0.2, -0.15) is 0 Å². The summed E-state index contributed by atoms with van der Waals surface area (Å²) < 4.78 is 0. The number of hydrogen-bond donors (Lipinski definition) is 3. The maximum absolute atomic E-state index is 12.6. The van der Waals surface area contributed by atoms with E-state index in [-0.39, 0.29) is 29.4 Å². The number of piperidine rings is 1. The van der Waals surface area contributed by atoms with E-state index < -0.39 is 0 Å². The zero-order valence-electron chi connectivity index (χ0n) is 17.6. The number of nitrogens with zero attached hydrogens (tertiary/aromatic N) is 2. The van der Waals surface area contributed by atoms with Gasteiger partial charge in [0.05, 0.1) is 0 Å². The van der Waals surface area contributed by atoms with Crippen molar-refractivity contribution in [3.8, 4) is 0 Å². The summed E-state index contributed by atoms with van der Waals surface area (Å²) in [5.74, 6) is -0.212. The van der Waals surface area contributed by atoms with Gasteiger partial charge in [-0.3, -0.25) is 15.0 Å². The van der Waals surface area contributed by atoms with Crippen molar-refractivity contribution < 1.29 is 14.4 Å². The average Bonchev–Trinajstić information content (AvgIpc) is 3.24. The molecule has 8 heteroatoms. The second-order valence-electron chi connectivity index (χ2n) is 8.57. The van der Waals surface area contributed by atoms with Crippen molar-refractivity contribution >= 4 is 23.7 Å². The van der Waals surface area contributed by atoms with Crippen LogP contribution in [0.3, 0.4) is 0 Å². The van der Waals surface area contributed by atoms with Crippen molar-refractivity contribution in [2.24, 2.45) is 0 Å². The molecule has 1 aromatic carbocycles. The van der Waals surface area contributed by atoms with Crippen molar-refractivity contribution in [2.45, 2.75) is 50.5 Å². The number of para-hydroxylation sites is 1. The predicted octanol–water partition coefficient (Wildman–Crippen LogP) is 1.95. The SMILES string of the molecule is CCNC(=O)N1CC2(CCN(CCCCC3NC(=O)NC3=O)CC2)c2ccccc21. The maximum Gasteiger partial charge on any atom is 0.322 e. The highest BCUT2D eigenvalue weighted by molar-refractivity contribution is 6.04. The van der Waals surface area contributed by atoms with Crippen LogP contribution in [0.1, 0.15) is 44.6 Å². The van der Waals surface area contributed by atoms with Crippen LogP contribution < -0.4 is 20.9 Å². The van der Waals surface area contributed by atoms with Crippen LogP contribution >= 0.6 is 0 Å². The fourth-order valence-electron chi connectivity index (χ4n) is 5.04. The highest BCUT2D eigenvalue weighted by Crippen LogP contribution is 2.46. The number of nitrogens with one attached hydrogen (secondary N) is 3. The number of likely N-dealkylation sites (tertiary alicyclic amines) is 1. The van der Waals surface area contributed by atoms with Crippen molar-refractivity contribution in [3.63, 3.8) is 0 Å². The zero-order valence-corrected chi connectivity index (χ0v) is 17.6. The van der Waals surface area contributed by atoms with Crippen molar-refractivity contribution in [1.82, 2.24) is 20.9 Å². The molecule has 3 N–H and O–H groups in total. The van der Waals surface area contributed by atoms with Crippen LogP contribution in [0.15, 0.2) is 24.3 Å². The molecule has 3 aliphatic rings. The molecule has 2 fully saturated rings. The number of imide groups is 1. The lowest BCUT2D eigenvalue weighted by Crippen LogP contribution is -2.48. The number of hydrogen-bond acceptors (Lipinski definition) is 4. The third-order valence-electron chi connectivity index (χ3n) is 6.69. The average molecular weight is 414 g/mol. The molecule has 0 aromatic heterocycles. The Morgan fingerprint density at radius 1 is 1.20 bits per heavy atom. The number of benzene rings is 1. The van der Waals surface area contributed by atoms with Gasteiger partial charge < -0.3 is 15.5 Å². The van der Waals surface area contributed by atoms with Gasteiger partial charge in [-0.15, -0.1) is 0 Å². The molecule has 1 aromatic rings. The van der Waals surface area contributed by atoms with E-state index in [1.807, 2.05) is 17.9 Å². The summed E-state index contributed by atoms with van der Waals surface area (Å²) in [5.41, 5.74) is 2.40. The molecule has 162 valence electrons. The van der Waals surface area contributed by atoms with Crippen molar-refractivity contribution in [1.29, 1.82) is 0 Å². The Bertz CT molecular complexity index is 819. The number of fused-ring (bicyclic) bond motifs is 2. The quantitative estimate of drug-likeness (QED) is 0.491. The lowest BCUT2D eigenvalue weighted by atomic mass is 9.74. The number of carbonyl (C=O) groups is 3. The molecular formula is C22H31N5O3. The minimum atomic E-state index is -0.384.